The normalized spacial score (nSPS) is 14.2. The Labute approximate surface area is 142 Å². The summed E-state index contributed by atoms with van der Waals surface area (Å²) in [5.74, 6) is 0.339. The van der Waals surface area contributed by atoms with Crippen LogP contribution in [-0.4, -0.2) is 14.3 Å². The molecule has 0 aromatic heterocycles. The van der Waals surface area contributed by atoms with Gasteiger partial charge in [-0.3, -0.25) is 9.52 Å². The molecule has 0 saturated carbocycles. The molecule has 1 aliphatic heterocycles. The smallest absolute Gasteiger partial charge is 0.261 e. The number of anilines is 2. The zero-order valence-corrected chi connectivity index (χ0v) is 14.5. The van der Waals surface area contributed by atoms with Crippen molar-refractivity contribution < 1.29 is 13.2 Å². The van der Waals surface area contributed by atoms with Gasteiger partial charge in [-0.05, 0) is 53.8 Å². The lowest BCUT2D eigenvalue weighted by atomic mass is 10.0. The molecule has 1 amide bonds. The third-order valence-electron chi connectivity index (χ3n) is 4.11. The van der Waals surface area contributed by atoms with Gasteiger partial charge in [-0.15, -0.1) is 0 Å². The second kappa shape index (κ2) is 6.28. The fraction of sp³-hybridized carbons (Fsp3) is 0.278. The molecule has 24 heavy (non-hydrogen) atoms. The van der Waals surface area contributed by atoms with Crippen molar-refractivity contribution >= 4 is 27.3 Å². The second-order valence-electron chi connectivity index (χ2n) is 6.25. The number of hydrogen-bond donors (Lipinski definition) is 2. The van der Waals surface area contributed by atoms with E-state index in [1.807, 2.05) is 12.1 Å². The van der Waals surface area contributed by atoms with Crippen LogP contribution in [0.1, 0.15) is 37.3 Å². The monoisotopic (exact) mass is 344 g/mol. The van der Waals surface area contributed by atoms with Crippen LogP contribution >= 0.6 is 0 Å². The number of fused-ring (bicyclic) bond motifs is 1. The van der Waals surface area contributed by atoms with Gasteiger partial charge in [-0.25, -0.2) is 8.42 Å². The zero-order chi connectivity index (χ0) is 17.3. The zero-order valence-electron chi connectivity index (χ0n) is 13.7. The highest BCUT2D eigenvalue weighted by Crippen LogP contribution is 2.27. The number of rotatable bonds is 4. The Hall–Kier alpha value is -2.34. The van der Waals surface area contributed by atoms with Gasteiger partial charge in [-0.2, -0.15) is 0 Å². The Balaban J connectivity index is 1.83. The van der Waals surface area contributed by atoms with Gasteiger partial charge in [0, 0.05) is 17.8 Å². The highest BCUT2D eigenvalue weighted by atomic mass is 32.2. The number of nitrogens with one attached hydrogen (secondary N) is 2. The van der Waals surface area contributed by atoms with Crippen molar-refractivity contribution in [3.63, 3.8) is 0 Å². The van der Waals surface area contributed by atoms with Gasteiger partial charge in [0.15, 0.2) is 0 Å². The summed E-state index contributed by atoms with van der Waals surface area (Å²) in [6.07, 6.45) is 1.03. The minimum absolute atomic E-state index is 0.0129. The summed E-state index contributed by atoms with van der Waals surface area (Å²) < 4.78 is 27.6. The molecule has 5 nitrogen and oxygen atoms in total. The van der Waals surface area contributed by atoms with E-state index in [0.717, 1.165) is 16.8 Å². The van der Waals surface area contributed by atoms with E-state index in [-0.39, 0.29) is 10.8 Å². The SMILES string of the molecule is CC(C)c1ccc(S(=O)(=O)Nc2ccc3c(c2)CCC(=O)N3)cc1. The molecule has 0 aliphatic carbocycles. The number of sulfonamides is 1. The third kappa shape index (κ3) is 3.43. The highest BCUT2D eigenvalue weighted by Gasteiger charge is 2.18. The topological polar surface area (TPSA) is 75.3 Å². The first kappa shape index (κ1) is 16.5. The van der Waals surface area contributed by atoms with Crippen molar-refractivity contribution in [2.24, 2.45) is 0 Å². The molecule has 6 heteroatoms. The number of benzene rings is 2. The lowest BCUT2D eigenvalue weighted by Gasteiger charge is -2.18. The minimum Gasteiger partial charge on any atom is -0.326 e. The maximum absolute atomic E-state index is 12.5. The number of aryl methyl sites for hydroxylation is 1. The summed E-state index contributed by atoms with van der Waals surface area (Å²) in [6.45, 7) is 4.13. The van der Waals surface area contributed by atoms with Crippen LogP contribution in [0.3, 0.4) is 0 Å². The average Bonchev–Trinajstić information content (AvgIpc) is 2.55. The van der Waals surface area contributed by atoms with Gasteiger partial charge in [0.1, 0.15) is 0 Å². The van der Waals surface area contributed by atoms with E-state index in [1.165, 1.54) is 0 Å². The molecular weight excluding hydrogens is 324 g/mol. The van der Waals surface area contributed by atoms with Crippen LogP contribution in [0.15, 0.2) is 47.4 Å². The molecule has 0 radical (unpaired) electrons. The van der Waals surface area contributed by atoms with Gasteiger partial charge in [0.05, 0.1) is 4.90 Å². The summed E-state index contributed by atoms with van der Waals surface area (Å²) >= 11 is 0. The van der Waals surface area contributed by atoms with Crippen LogP contribution in [0.25, 0.3) is 0 Å². The van der Waals surface area contributed by atoms with E-state index < -0.39 is 10.0 Å². The molecule has 2 aromatic rings. The predicted octanol–water partition coefficient (Wildman–Crippen LogP) is 3.50. The molecule has 0 atom stereocenters. The fourth-order valence-corrected chi connectivity index (χ4v) is 3.74. The number of carbonyl (C=O) groups excluding carboxylic acids is 1. The summed E-state index contributed by atoms with van der Waals surface area (Å²) in [5.41, 5.74) is 3.27. The molecule has 0 fully saturated rings. The second-order valence-corrected chi connectivity index (χ2v) is 7.93. The van der Waals surface area contributed by atoms with E-state index >= 15 is 0 Å². The quantitative estimate of drug-likeness (QED) is 0.891. The van der Waals surface area contributed by atoms with Gasteiger partial charge in [-0.1, -0.05) is 26.0 Å². The summed E-state index contributed by atoms with van der Waals surface area (Å²) in [5, 5.41) is 2.78. The van der Waals surface area contributed by atoms with E-state index in [2.05, 4.69) is 23.9 Å². The molecule has 0 saturated heterocycles. The van der Waals surface area contributed by atoms with Crippen molar-refractivity contribution in [3.8, 4) is 0 Å². The Morgan fingerprint density at radius 1 is 1.04 bits per heavy atom. The number of carbonyl (C=O) groups is 1. The molecule has 2 N–H and O–H groups in total. The van der Waals surface area contributed by atoms with E-state index in [0.29, 0.717) is 24.4 Å². The van der Waals surface area contributed by atoms with Crippen LogP contribution in [0.4, 0.5) is 11.4 Å². The lowest BCUT2D eigenvalue weighted by molar-refractivity contribution is -0.116. The van der Waals surface area contributed by atoms with Gasteiger partial charge in [0.25, 0.3) is 10.0 Å². The molecule has 0 unspecified atom stereocenters. The standard InChI is InChI=1S/C18H20N2O3S/c1-12(2)13-3-7-16(8-4-13)24(22,23)20-15-6-9-17-14(11-15)5-10-18(21)19-17/h3-4,6-9,11-12,20H,5,10H2,1-2H3,(H,19,21). The summed E-state index contributed by atoms with van der Waals surface area (Å²) in [4.78, 5) is 11.6. The molecule has 126 valence electrons. The Morgan fingerprint density at radius 3 is 2.42 bits per heavy atom. The fourth-order valence-electron chi connectivity index (χ4n) is 2.69. The van der Waals surface area contributed by atoms with E-state index in [1.54, 1.807) is 30.3 Å². The summed E-state index contributed by atoms with van der Waals surface area (Å²) in [7, 11) is -3.63. The Kier molecular flexibility index (Phi) is 4.32. The lowest BCUT2D eigenvalue weighted by Crippen LogP contribution is -2.19. The number of amides is 1. The van der Waals surface area contributed by atoms with Crippen molar-refractivity contribution in [3.05, 3.63) is 53.6 Å². The van der Waals surface area contributed by atoms with Gasteiger partial charge >= 0.3 is 0 Å². The highest BCUT2D eigenvalue weighted by molar-refractivity contribution is 7.92. The van der Waals surface area contributed by atoms with Crippen molar-refractivity contribution in [1.29, 1.82) is 0 Å². The van der Waals surface area contributed by atoms with Crippen molar-refractivity contribution in [2.75, 3.05) is 10.0 Å². The Bertz CT molecular complexity index is 872. The minimum atomic E-state index is -3.63. The Morgan fingerprint density at radius 2 is 1.75 bits per heavy atom. The van der Waals surface area contributed by atoms with Crippen molar-refractivity contribution in [1.82, 2.24) is 0 Å². The third-order valence-corrected chi connectivity index (χ3v) is 5.51. The van der Waals surface area contributed by atoms with Gasteiger partial charge in [0.2, 0.25) is 5.91 Å². The molecule has 3 rings (SSSR count). The molecule has 1 aliphatic rings. The van der Waals surface area contributed by atoms with Crippen LogP contribution in [0.5, 0.6) is 0 Å². The van der Waals surface area contributed by atoms with Crippen LogP contribution in [-0.2, 0) is 21.2 Å². The van der Waals surface area contributed by atoms with E-state index in [9.17, 15) is 13.2 Å². The predicted molar refractivity (Wildman–Crippen MR) is 94.7 cm³/mol. The molecule has 0 spiro atoms. The maximum atomic E-state index is 12.5. The summed E-state index contributed by atoms with van der Waals surface area (Å²) in [6, 6.07) is 12.1. The van der Waals surface area contributed by atoms with Crippen LogP contribution < -0.4 is 10.0 Å². The molecule has 2 aromatic carbocycles. The first-order valence-corrected chi connectivity index (χ1v) is 9.39. The van der Waals surface area contributed by atoms with Crippen LogP contribution in [0.2, 0.25) is 0 Å². The molecular formula is C18H20N2O3S. The average molecular weight is 344 g/mol. The van der Waals surface area contributed by atoms with Crippen LogP contribution in [0, 0.1) is 0 Å². The van der Waals surface area contributed by atoms with E-state index in [4.69, 9.17) is 0 Å². The van der Waals surface area contributed by atoms with Crippen molar-refractivity contribution in [2.45, 2.75) is 37.5 Å². The largest absolute Gasteiger partial charge is 0.326 e. The first-order valence-electron chi connectivity index (χ1n) is 7.91. The number of hydrogen-bond acceptors (Lipinski definition) is 3. The molecule has 1 heterocycles. The van der Waals surface area contributed by atoms with Gasteiger partial charge < -0.3 is 5.32 Å². The first-order chi connectivity index (χ1) is 11.3. The maximum Gasteiger partial charge on any atom is 0.261 e. The molecule has 0 bridgehead atoms.